The molecule has 0 bridgehead atoms. The smallest absolute Gasteiger partial charge is 0.149 e. The Morgan fingerprint density at radius 3 is 2.79 bits per heavy atom. The lowest BCUT2D eigenvalue weighted by Crippen LogP contribution is -2.24. The van der Waals surface area contributed by atoms with Crippen molar-refractivity contribution in [2.75, 3.05) is 17.3 Å². The normalized spacial score (nSPS) is 13.2. The Bertz CT molecular complexity index is 636. The van der Waals surface area contributed by atoms with Gasteiger partial charge in [0.2, 0.25) is 0 Å². The molecule has 0 spiro atoms. The second-order valence-corrected chi connectivity index (χ2v) is 6.87. The largest absolute Gasteiger partial charge is 0.382 e. The maximum Gasteiger partial charge on any atom is 0.149 e. The molecule has 102 valence electrons. The quantitative estimate of drug-likeness (QED) is 0.877. The molecule has 0 aliphatic rings. The Morgan fingerprint density at radius 1 is 1.37 bits per heavy atom. The van der Waals surface area contributed by atoms with Gasteiger partial charge in [-0.05, 0) is 25.1 Å². The van der Waals surface area contributed by atoms with Crippen molar-refractivity contribution in [3.63, 3.8) is 0 Å². The van der Waals surface area contributed by atoms with E-state index in [4.69, 9.17) is 0 Å². The van der Waals surface area contributed by atoms with Gasteiger partial charge in [0.05, 0.1) is 11.4 Å². The molecule has 6 heteroatoms. The minimum Gasteiger partial charge on any atom is -0.382 e. The van der Waals surface area contributed by atoms with Crippen LogP contribution in [0.4, 0.5) is 5.69 Å². The van der Waals surface area contributed by atoms with Gasteiger partial charge in [-0.25, -0.2) is 8.42 Å². The summed E-state index contributed by atoms with van der Waals surface area (Å²) in [5.74, 6) is 0.112. The summed E-state index contributed by atoms with van der Waals surface area (Å²) in [7, 11) is -2.98. The monoisotopic (exact) mass is 279 g/mol. The minimum absolute atomic E-state index is 0.112. The first-order chi connectivity index (χ1) is 8.94. The van der Waals surface area contributed by atoms with E-state index in [0.29, 0.717) is 0 Å². The third kappa shape index (κ3) is 4.10. The molecule has 0 radical (unpaired) electrons. The zero-order valence-electron chi connectivity index (χ0n) is 10.9. The molecule has 1 aromatic heterocycles. The number of sulfone groups is 1. The van der Waals surface area contributed by atoms with E-state index in [9.17, 15) is 8.42 Å². The molecule has 0 saturated heterocycles. The molecule has 1 heterocycles. The molecular formula is C13H17N3O2S. The molecule has 5 nitrogen and oxygen atoms in total. The van der Waals surface area contributed by atoms with Crippen molar-refractivity contribution in [3.05, 3.63) is 36.5 Å². The van der Waals surface area contributed by atoms with E-state index in [1.54, 1.807) is 6.20 Å². The van der Waals surface area contributed by atoms with Crippen molar-refractivity contribution in [2.45, 2.75) is 13.0 Å². The molecule has 1 unspecified atom stereocenters. The van der Waals surface area contributed by atoms with E-state index in [1.807, 2.05) is 37.3 Å². The Kier molecular flexibility index (Phi) is 3.90. The number of hydrogen-bond acceptors (Lipinski definition) is 4. The molecule has 19 heavy (non-hydrogen) atoms. The van der Waals surface area contributed by atoms with Crippen LogP contribution in [0.3, 0.4) is 0 Å². The Morgan fingerprint density at radius 2 is 2.16 bits per heavy atom. The molecule has 0 amide bonds. The second-order valence-electron chi connectivity index (χ2n) is 4.69. The summed E-state index contributed by atoms with van der Waals surface area (Å²) >= 11 is 0. The summed E-state index contributed by atoms with van der Waals surface area (Å²) in [6, 6.07) is 9.53. The van der Waals surface area contributed by atoms with E-state index in [2.05, 4.69) is 15.5 Å². The molecule has 0 saturated carbocycles. The molecule has 2 rings (SSSR count). The number of nitrogens with zero attached hydrogens (tertiary/aromatic N) is 1. The van der Waals surface area contributed by atoms with Crippen LogP contribution in [0.15, 0.2) is 36.5 Å². The summed E-state index contributed by atoms with van der Waals surface area (Å²) in [5, 5.41) is 10.00. The Labute approximate surface area is 113 Å². The predicted molar refractivity (Wildman–Crippen MR) is 76.8 cm³/mol. The second kappa shape index (κ2) is 5.44. The highest BCUT2D eigenvalue weighted by molar-refractivity contribution is 7.90. The maximum absolute atomic E-state index is 11.2. The van der Waals surface area contributed by atoms with Gasteiger partial charge in [0.25, 0.3) is 0 Å². The summed E-state index contributed by atoms with van der Waals surface area (Å²) in [4.78, 5) is 0. The van der Waals surface area contributed by atoms with Crippen molar-refractivity contribution in [1.29, 1.82) is 0 Å². The maximum atomic E-state index is 11.2. The van der Waals surface area contributed by atoms with Crippen LogP contribution < -0.4 is 5.32 Å². The van der Waals surface area contributed by atoms with Crippen LogP contribution in [0.2, 0.25) is 0 Å². The van der Waals surface area contributed by atoms with Crippen molar-refractivity contribution < 1.29 is 8.42 Å². The lowest BCUT2D eigenvalue weighted by molar-refractivity contribution is 0.598. The zero-order chi connectivity index (χ0) is 13.9. The molecule has 0 aliphatic carbocycles. The average molecular weight is 279 g/mol. The van der Waals surface area contributed by atoms with Crippen molar-refractivity contribution in [3.8, 4) is 11.3 Å². The van der Waals surface area contributed by atoms with Gasteiger partial charge < -0.3 is 5.32 Å². The number of nitrogens with one attached hydrogen (secondary N) is 2. The van der Waals surface area contributed by atoms with E-state index >= 15 is 0 Å². The third-order valence-corrected chi connectivity index (χ3v) is 3.75. The molecule has 2 aromatic rings. The summed E-state index contributed by atoms with van der Waals surface area (Å²) in [6.45, 7) is 1.85. The first kappa shape index (κ1) is 13.6. The van der Waals surface area contributed by atoms with Gasteiger partial charge in [-0.2, -0.15) is 5.10 Å². The van der Waals surface area contributed by atoms with E-state index in [-0.39, 0.29) is 11.8 Å². The first-order valence-electron chi connectivity index (χ1n) is 5.98. The molecular weight excluding hydrogens is 262 g/mol. The Balaban J connectivity index is 2.12. The van der Waals surface area contributed by atoms with Gasteiger partial charge in [-0.15, -0.1) is 0 Å². The van der Waals surface area contributed by atoms with Crippen LogP contribution in [-0.4, -0.2) is 36.7 Å². The number of benzene rings is 1. The Hall–Kier alpha value is -1.82. The van der Waals surface area contributed by atoms with Crippen molar-refractivity contribution in [2.24, 2.45) is 0 Å². The molecule has 0 aliphatic heterocycles. The third-order valence-electron chi connectivity index (χ3n) is 2.64. The van der Waals surface area contributed by atoms with Crippen molar-refractivity contribution in [1.82, 2.24) is 10.2 Å². The standard InChI is InChI=1S/C13H17N3O2S/c1-10(9-19(2,17)18)15-12-5-3-4-11(8-12)13-6-7-14-16-13/h3-8,10,15H,9H2,1-2H3,(H,14,16). The van der Waals surface area contributed by atoms with Crippen LogP contribution in [0, 0.1) is 0 Å². The lowest BCUT2D eigenvalue weighted by Gasteiger charge is -2.14. The first-order valence-corrected chi connectivity index (χ1v) is 8.04. The molecule has 0 fully saturated rings. The molecule has 2 N–H and O–H groups in total. The number of rotatable bonds is 5. The highest BCUT2D eigenvalue weighted by atomic mass is 32.2. The number of aromatic nitrogens is 2. The van der Waals surface area contributed by atoms with Gasteiger partial charge in [-0.1, -0.05) is 12.1 Å². The molecule has 1 aromatic carbocycles. The van der Waals surface area contributed by atoms with Gasteiger partial charge in [0.15, 0.2) is 0 Å². The zero-order valence-corrected chi connectivity index (χ0v) is 11.7. The van der Waals surface area contributed by atoms with Crippen LogP contribution in [0.25, 0.3) is 11.3 Å². The number of anilines is 1. The van der Waals surface area contributed by atoms with Gasteiger partial charge in [0, 0.05) is 29.7 Å². The van der Waals surface area contributed by atoms with Crippen LogP contribution in [-0.2, 0) is 9.84 Å². The SMILES string of the molecule is CC(CS(C)(=O)=O)Nc1cccc(-c2ccn[nH]2)c1. The summed E-state index contributed by atoms with van der Waals surface area (Å²) in [5.41, 5.74) is 2.83. The van der Waals surface area contributed by atoms with Crippen LogP contribution in [0.1, 0.15) is 6.92 Å². The van der Waals surface area contributed by atoms with E-state index in [1.165, 1.54) is 6.26 Å². The van der Waals surface area contributed by atoms with Crippen LogP contribution in [0.5, 0.6) is 0 Å². The van der Waals surface area contributed by atoms with Crippen molar-refractivity contribution >= 4 is 15.5 Å². The average Bonchev–Trinajstić information content (AvgIpc) is 2.79. The van der Waals surface area contributed by atoms with E-state index in [0.717, 1.165) is 16.9 Å². The lowest BCUT2D eigenvalue weighted by atomic mass is 10.1. The highest BCUT2D eigenvalue weighted by Crippen LogP contribution is 2.20. The fourth-order valence-corrected chi connectivity index (χ4v) is 2.97. The summed E-state index contributed by atoms with van der Waals surface area (Å²) in [6.07, 6.45) is 2.94. The number of hydrogen-bond donors (Lipinski definition) is 2. The number of aromatic amines is 1. The van der Waals surface area contributed by atoms with E-state index < -0.39 is 9.84 Å². The topological polar surface area (TPSA) is 74.8 Å². The van der Waals surface area contributed by atoms with Crippen LogP contribution >= 0.6 is 0 Å². The molecule has 1 atom stereocenters. The predicted octanol–water partition coefficient (Wildman–Crippen LogP) is 1.92. The fraction of sp³-hybridized carbons (Fsp3) is 0.308. The minimum atomic E-state index is -2.98. The summed E-state index contributed by atoms with van der Waals surface area (Å²) < 4.78 is 22.5. The van der Waals surface area contributed by atoms with Gasteiger partial charge in [0.1, 0.15) is 9.84 Å². The highest BCUT2D eigenvalue weighted by Gasteiger charge is 2.10. The number of H-pyrrole nitrogens is 1. The van der Waals surface area contributed by atoms with Gasteiger partial charge >= 0.3 is 0 Å². The fourth-order valence-electron chi connectivity index (χ4n) is 1.97. The van der Waals surface area contributed by atoms with Gasteiger partial charge in [-0.3, -0.25) is 5.10 Å².